The smallest absolute Gasteiger partial charge is 0.327 e. The van der Waals surface area contributed by atoms with Gasteiger partial charge >= 0.3 is 12.0 Å². The van der Waals surface area contributed by atoms with Crippen molar-refractivity contribution >= 4 is 35.1 Å². The van der Waals surface area contributed by atoms with Gasteiger partial charge < -0.3 is 10.4 Å². The molecule has 0 spiro atoms. The Morgan fingerprint density at radius 2 is 2.39 bits per heavy atom. The molecule has 0 aromatic carbocycles. The summed E-state index contributed by atoms with van der Waals surface area (Å²) in [6.07, 6.45) is 0. The number of hydrogen-bond acceptors (Lipinski definition) is 4. The molecule has 98 valence electrons. The lowest BCUT2D eigenvalue weighted by Crippen LogP contribution is -2.49. The van der Waals surface area contributed by atoms with E-state index in [4.69, 9.17) is 5.11 Å². The number of nitrogens with zero attached hydrogens (tertiary/aromatic N) is 1. The van der Waals surface area contributed by atoms with Crippen LogP contribution in [0.3, 0.4) is 0 Å². The Balaban J connectivity index is 1.96. The molecule has 0 saturated carbocycles. The van der Waals surface area contributed by atoms with Gasteiger partial charge in [-0.2, -0.15) is 11.3 Å². The van der Waals surface area contributed by atoms with E-state index in [1.54, 1.807) is 11.3 Å². The summed E-state index contributed by atoms with van der Waals surface area (Å²) in [5.74, 6) is -0.500. The normalized spacial score (nSPS) is 23.1. The van der Waals surface area contributed by atoms with Gasteiger partial charge in [-0.1, -0.05) is 0 Å². The Morgan fingerprint density at radius 3 is 3.00 bits per heavy atom. The van der Waals surface area contributed by atoms with Crippen LogP contribution in [-0.4, -0.2) is 39.2 Å². The summed E-state index contributed by atoms with van der Waals surface area (Å²) in [5.41, 5.74) is 1.03. The number of thiophene rings is 1. The van der Waals surface area contributed by atoms with Crippen LogP contribution in [-0.2, 0) is 11.3 Å². The van der Waals surface area contributed by atoms with Gasteiger partial charge in [0.15, 0.2) is 0 Å². The Hall–Kier alpha value is -1.21. The summed E-state index contributed by atoms with van der Waals surface area (Å²) >= 11 is 3.05. The van der Waals surface area contributed by atoms with E-state index in [2.05, 4.69) is 5.32 Å². The van der Waals surface area contributed by atoms with Crippen LogP contribution in [0.15, 0.2) is 16.8 Å². The summed E-state index contributed by atoms with van der Waals surface area (Å²) in [7, 11) is 0. The maximum Gasteiger partial charge on any atom is 0.327 e. The lowest BCUT2D eigenvalue weighted by molar-refractivity contribution is -0.141. The third-order valence-electron chi connectivity index (χ3n) is 2.77. The molecule has 0 aliphatic carbocycles. The van der Waals surface area contributed by atoms with Crippen LogP contribution in [0.5, 0.6) is 0 Å². The second-order valence-electron chi connectivity index (χ2n) is 3.98. The number of thioether (sulfide) groups is 1. The monoisotopic (exact) mass is 286 g/mol. The molecule has 2 unspecified atom stereocenters. The molecular formula is C11H14N2O3S2. The summed E-state index contributed by atoms with van der Waals surface area (Å²) in [5, 5.41) is 15.6. The van der Waals surface area contributed by atoms with Gasteiger partial charge in [-0.15, -0.1) is 11.8 Å². The second kappa shape index (κ2) is 5.62. The Morgan fingerprint density at radius 1 is 1.61 bits per heavy atom. The topological polar surface area (TPSA) is 69.6 Å². The fourth-order valence-electron chi connectivity index (χ4n) is 1.80. The lowest BCUT2D eigenvalue weighted by Gasteiger charge is -2.25. The van der Waals surface area contributed by atoms with Crippen molar-refractivity contribution in [3.63, 3.8) is 0 Å². The largest absolute Gasteiger partial charge is 0.480 e. The first-order chi connectivity index (χ1) is 8.59. The molecule has 1 aromatic rings. The second-order valence-corrected chi connectivity index (χ2v) is 6.11. The molecule has 1 saturated heterocycles. The van der Waals surface area contributed by atoms with Crippen LogP contribution < -0.4 is 5.32 Å². The Labute approximate surface area is 113 Å². The first kappa shape index (κ1) is 13.2. The first-order valence-corrected chi connectivity index (χ1v) is 7.50. The van der Waals surface area contributed by atoms with Crippen LogP contribution >= 0.6 is 23.1 Å². The van der Waals surface area contributed by atoms with Gasteiger partial charge in [0.1, 0.15) is 6.04 Å². The summed E-state index contributed by atoms with van der Waals surface area (Å²) in [6, 6.07) is 0.889. The number of carboxylic acids is 1. The highest BCUT2D eigenvalue weighted by molar-refractivity contribution is 8.00. The lowest BCUT2D eigenvalue weighted by atomic mass is 10.3. The SMILES string of the molecule is CC1SCC(C(=O)O)N1C(=O)NCc1ccsc1. The third kappa shape index (κ3) is 2.78. The molecule has 18 heavy (non-hydrogen) atoms. The zero-order valence-corrected chi connectivity index (χ0v) is 11.5. The van der Waals surface area contributed by atoms with Gasteiger partial charge in [0.2, 0.25) is 0 Å². The Bertz CT molecular complexity index is 436. The number of urea groups is 1. The van der Waals surface area contributed by atoms with Gasteiger partial charge in [0.25, 0.3) is 0 Å². The molecule has 2 N–H and O–H groups in total. The zero-order chi connectivity index (χ0) is 13.1. The molecule has 2 heterocycles. The number of aliphatic carboxylic acids is 1. The van der Waals surface area contributed by atoms with Crippen LogP contribution in [0.4, 0.5) is 4.79 Å². The van der Waals surface area contributed by atoms with Gasteiger partial charge in [-0.3, -0.25) is 4.90 Å². The highest BCUT2D eigenvalue weighted by Crippen LogP contribution is 2.28. The van der Waals surface area contributed by atoms with Crippen molar-refractivity contribution in [3.8, 4) is 0 Å². The fraction of sp³-hybridized carbons (Fsp3) is 0.455. The average Bonchev–Trinajstić information content (AvgIpc) is 2.94. The molecule has 1 aliphatic rings. The summed E-state index contributed by atoms with van der Waals surface area (Å²) in [4.78, 5) is 24.5. The highest BCUT2D eigenvalue weighted by atomic mass is 32.2. The minimum absolute atomic E-state index is 0.103. The van der Waals surface area contributed by atoms with E-state index in [1.807, 2.05) is 23.8 Å². The summed E-state index contributed by atoms with van der Waals surface area (Å²) in [6.45, 7) is 2.28. The molecule has 5 nitrogen and oxygen atoms in total. The van der Waals surface area contributed by atoms with Crippen LogP contribution in [0.25, 0.3) is 0 Å². The molecule has 1 aliphatic heterocycles. The van der Waals surface area contributed by atoms with E-state index < -0.39 is 12.0 Å². The number of hydrogen-bond donors (Lipinski definition) is 2. The number of rotatable bonds is 3. The third-order valence-corrected chi connectivity index (χ3v) is 4.72. The van der Waals surface area contributed by atoms with Crippen molar-refractivity contribution in [2.24, 2.45) is 0 Å². The minimum Gasteiger partial charge on any atom is -0.480 e. The molecule has 2 atom stereocenters. The maximum absolute atomic E-state index is 12.0. The van der Waals surface area contributed by atoms with E-state index in [0.29, 0.717) is 12.3 Å². The average molecular weight is 286 g/mol. The van der Waals surface area contributed by atoms with Gasteiger partial charge in [-0.05, 0) is 29.3 Å². The Kier molecular flexibility index (Phi) is 4.13. The van der Waals surface area contributed by atoms with Crippen LogP contribution in [0, 0.1) is 0 Å². The maximum atomic E-state index is 12.0. The van der Waals surface area contributed by atoms with Crippen molar-refractivity contribution in [2.45, 2.75) is 24.9 Å². The van der Waals surface area contributed by atoms with Crippen molar-refractivity contribution < 1.29 is 14.7 Å². The molecule has 0 radical (unpaired) electrons. The van der Waals surface area contributed by atoms with Crippen LogP contribution in [0.1, 0.15) is 12.5 Å². The van der Waals surface area contributed by atoms with Gasteiger partial charge in [0, 0.05) is 12.3 Å². The van der Waals surface area contributed by atoms with Crippen molar-refractivity contribution in [1.29, 1.82) is 0 Å². The fourth-order valence-corrected chi connectivity index (χ4v) is 3.64. The zero-order valence-electron chi connectivity index (χ0n) is 9.83. The highest BCUT2D eigenvalue weighted by Gasteiger charge is 2.39. The molecule has 2 rings (SSSR count). The van der Waals surface area contributed by atoms with E-state index in [1.165, 1.54) is 16.7 Å². The number of amides is 2. The summed E-state index contributed by atoms with van der Waals surface area (Å²) < 4.78 is 0. The number of carboxylic acid groups (broad SMARTS) is 1. The van der Waals surface area contributed by atoms with Crippen molar-refractivity contribution in [3.05, 3.63) is 22.4 Å². The van der Waals surface area contributed by atoms with Crippen LogP contribution in [0.2, 0.25) is 0 Å². The van der Waals surface area contributed by atoms with Crippen molar-refractivity contribution in [1.82, 2.24) is 10.2 Å². The quantitative estimate of drug-likeness (QED) is 0.889. The van der Waals surface area contributed by atoms with Gasteiger partial charge in [-0.25, -0.2) is 9.59 Å². The van der Waals surface area contributed by atoms with E-state index in [-0.39, 0.29) is 11.4 Å². The molecule has 7 heteroatoms. The standard InChI is InChI=1S/C11H14N2O3S2/c1-7-13(9(6-18-7)10(14)15)11(16)12-4-8-2-3-17-5-8/h2-3,5,7,9H,4,6H2,1H3,(H,12,16)(H,14,15). The number of nitrogens with one attached hydrogen (secondary N) is 1. The van der Waals surface area contributed by atoms with E-state index >= 15 is 0 Å². The predicted molar refractivity (Wildman–Crippen MR) is 71.7 cm³/mol. The van der Waals surface area contributed by atoms with Crippen molar-refractivity contribution in [2.75, 3.05) is 5.75 Å². The first-order valence-electron chi connectivity index (χ1n) is 5.51. The molecule has 0 bridgehead atoms. The molecule has 1 aromatic heterocycles. The molecule has 1 fully saturated rings. The van der Waals surface area contributed by atoms with Gasteiger partial charge in [0.05, 0.1) is 5.37 Å². The van der Waals surface area contributed by atoms with E-state index in [0.717, 1.165) is 5.56 Å². The number of carbonyl (C=O) groups is 2. The predicted octanol–water partition coefficient (Wildman–Crippen LogP) is 1.81. The van der Waals surface area contributed by atoms with E-state index in [9.17, 15) is 9.59 Å². The molecular weight excluding hydrogens is 272 g/mol. The number of carbonyl (C=O) groups excluding carboxylic acids is 1. The molecule has 2 amide bonds. The minimum atomic E-state index is -0.947.